The number of amides is 4. The minimum atomic E-state index is -1.16. The van der Waals surface area contributed by atoms with Crippen LogP contribution in [0.3, 0.4) is 0 Å². The highest BCUT2D eigenvalue weighted by Crippen LogP contribution is 2.47. The lowest BCUT2D eigenvalue weighted by Gasteiger charge is -2.31. The molecule has 8 heteroatoms. The van der Waals surface area contributed by atoms with E-state index in [4.69, 9.17) is 0 Å². The molecule has 0 unspecified atom stereocenters. The van der Waals surface area contributed by atoms with Gasteiger partial charge in [0.05, 0.1) is 16.9 Å². The number of rotatable bonds is 4. The first-order valence-electron chi connectivity index (χ1n) is 15.6. The van der Waals surface area contributed by atoms with Crippen molar-refractivity contribution in [3.63, 3.8) is 0 Å². The molecule has 0 bridgehead atoms. The number of carbonyl (C=O) groups excluding carboxylic acids is 4. The number of anilines is 2. The lowest BCUT2D eigenvalue weighted by atomic mass is 9.82. The first-order valence-corrected chi connectivity index (χ1v) is 15.6. The molecule has 7 aromatic rings. The lowest BCUT2D eigenvalue weighted by molar-refractivity contribution is 0.0694. The molecule has 2 aliphatic heterocycles. The average Bonchev–Trinajstić information content (AvgIpc) is 3.09. The number of para-hydroxylation sites is 1. The molecule has 4 amide bonds. The quantitative estimate of drug-likeness (QED) is 0.120. The molecule has 9 rings (SSSR count). The van der Waals surface area contributed by atoms with Crippen molar-refractivity contribution in [2.45, 2.75) is 20.3 Å². The number of nitrogens with zero attached hydrogens (tertiary/aromatic N) is 2. The highest BCUT2D eigenvalue weighted by molar-refractivity contribution is 6.45. The molecule has 2 aliphatic rings. The van der Waals surface area contributed by atoms with Gasteiger partial charge in [-0.25, -0.2) is 14.6 Å². The summed E-state index contributed by atoms with van der Waals surface area (Å²) < 4.78 is 0. The van der Waals surface area contributed by atoms with Crippen LogP contribution < -0.4 is 9.80 Å². The number of carbonyl (C=O) groups is 5. The minimum Gasteiger partial charge on any atom is -0.478 e. The fourth-order valence-corrected chi connectivity index (χ4v) is 7.81. The number of carboxylic acids is 1. The van der Waals surface area contributed by atoms with Crippen molar-refractivity contribution in [2.75, 3.05) is 9.80 Å². The third-order valence-electron chi connectivity index (χ3n) is 9.91. The highest BCUT2D eigenvalue weighted by atomic mass is 16.4. The van der Waals surface area contributed by atoms with Crippen LogP contribution in [0, 0.1) is 6.92 Å². The summed E-state index contributed by atoms with van der Waals surface area (Å²) in [5.74, 6) is -3.01. The predicted octanol–water partition coefficient (Wildman–Crippen LogP) is 7.91. The molecular formula is C40H24N2O6. The van der Waals surface area contributed by atoms with Crippen molar-refractivity contribution in [3.8, 4) is 0 Å². The Hall–Kier alpha value is -6.41. The van der Waals surface area contributed by atoms with Gasteiger partial charge >= 0.3 is 5.97 Å². The number of aryl methyl sites for hydroxylation is 2. The molecule has 7 aromatic carbocycles. The van der Waals surface area contributed by atoms with Crippen LogP contribution >= 0.6 is 0 Å². The van der Waals surface area contributed by atoms with E-state index in [0.717, 1.165) is 48.3 Å². The first kappa shape index (κ1) is 27.9. The van der Waals surface area contributed by atoms with E-state index in [0.29, 0.717) is 45.1 Å². The Bertz CT molecular complexity index is 2570. The highest BCUT2D eigenvalue weighted by Gasteiger charge is 2.38. The molecule has 48 heavy (non-hydrogen) atoms. The molecule has 0 radical (unpaired) electrons. The second-order valence-corrected chi connectivity index (χ2v) is 12.3. The van der Waals surface area contributed by atoms with Crippen LogP contribution in [-0.4, -0.2) is 34.7 Å². The number of hydrogen-bond acceptors (Lipinski definition) is 5. The van der Waals surface area contributed by atoms with Crippen LogP contribution in [0.4, 0.5) is 11.4 Å². The SMILES string of the molecule is CCc1cccc(C)c1N1C(=O)c2ccc3c4ccc5c6c(ccc(c7ccc(c2c37)C1=O)c64)C(=O)N(c1cccc(C(=O)O)c1)C5=O. The summed E-state index contributed by atoms with van der Waals surface area (Å²) in [6.45, 7) is 3.90. The average molecular weight is 629 g/mol. The number of benzene rings is 7. The number of aromatic carboxylic acids is 1. The smallest absolute Gasteiger partial charge is 0.335 e. The van der Waals surface area contributed by atoms with E-state index in [1.807, 2.05) is 56.3 Å². The maximum Gasteiger partial charge on any atom is 0.335 e. The van der Waals surface area contributed by atoms with Crippen molar-refractivity contribution < 1.29 is 29.1 Å². The topological polar surface area (TPSA) is 112 Å². The van der Waals surface area contributed by atoms with Gasteiger partial charge in [-0.15, -0.1) is 0 Å². The summed E-state index contributed by atoms with van der Waals surface area (Å²) >= 11 is 0. The van der Waals surface area contributed by atoms with Crippen LogP contribution in [0.15, 0.2) is 91.0 Å². The van der Waals surface area contributed by atoms with Crippen molar-refractivity contribution in [1.82, 2.24) is 0 Å². The van der Waals surface area contributed by atoms with E-state index in [9.17, 15) is 29.1 Å². The van der Waals surface area contributed by atoms with Crippen LogP contribution in [0.1, 0.15) is 69.8 Å². The molecule has 2 heterocycles. The van der Waals surface area contributed by atoms with Gasteiger partial charge in [0.2, 0.25) is 0 Å². The van der Waals surface area contributed by atoms with Gasteiger partial charge in [0.15, 0.2) is 0 Å². The fraction of sp³-hybridized carbons (Fsp3) is 0.0750. The molecule has 230 valence electrons. The van der Waals surface area contributed by atoms with Crippen molar-refractivity contribution >= 4 is 84.1 Å². The minimum absolute atomic E-state index is 0.0365. The van der Waals surface area contributed by atoms with Crippen molar-refractivity contribution in [3.05, 3.63) is 130 Å². The molecule has 0 saturated heterocycles. The van der Waals surface area contributed by atoms with Crippen molar-refractivity contribution in [1.29, 1.82) is 0 Å². The molecule has 0 aromatic heterocycles. The van der Waals surface area contributed by atoms with Gasteiger partial charge in [0, 0.05) is 33.0 Å². The third-order valence-corrected chi connectivity index (χ3v) is 9.91. The van der Waals surface area contributed by atoms with E-state index in [2.05, 4.69) is 0 Å². The summed E-state index contributed by atoms with van der Waals surface area (Å²) in [5, 5.41) is 15.3. The second kappa shape index (κ2) is 9.56. The number of hydrogen-bond donors (Lipinski definition) is 1. The Kier molecular flexibility index (Phi) is 5.55. The Morgan fingerprint density at radius 1 is 0.583 bits per heavy atom. The standard InChI is InChI=1S/C40H24N2O6/c1-3-20-7-4-6-19(2)35(20)42-38(45)29-16-12-25-23-10-14-27-33-28(37(44)41(36(27)43)22-9-5-8-21(18-22)40(47)48)15-11-24(31(23)33)26-13-17-30(39(42)46)34(29)32(25)26/h4-18H,3H2,1-2H3,(H,47,48). The van der Waals surface area contributed by atoms with Crippen LogP contribution in [0.25, 0.3) is 43.1 Å². The lowest BCUT2D eigenvalue weighted by Crippen LogP contribution is -2.41. The van der Waals surface area contributed by atoms with E-state index in [1.165, 1.54) is 23.1 Å². The largest absolute Gasteiger partial charge is 0.478 e. The van der Waals surface area contributed by atoms with Gasteiger partial charge in [-0.3, -0.25) is 19.2 Å². The summed E-state index contributed by atoms with van der Waals surface area (Å²) in [6, 6.07) is 25.9. The maximum atomic E-state index is 14.2. The Morgan fingerprint density at radius 2 is 1.04 bits per heavy atom. The van der Waals surface area contributed by atoms with Crippen LogP contribution in [0.5, 0.6) is 0 Å². The van der Waals surface area contributed by atoms with E-state index in [-0.39, 0.29) is 23.1 Å². The molecule has 8 nitrogen and oxygen atoms in total. The van der Waals surface area contributed by atoms with E-state index < -0.39 is 17.8 Å². The van der Waals surface area contributed by atoms with Gasteiger partial charge in [0.25, 0.3) is 23.6 Å². The zero-order valence-electron chi connectivity index (χ0n) is 25.8. The Balaban J connectivity index is 1.29. The summed E-state index contributed by atoms with van der Waals surface area (Å²) in [4.78, 5) is 70.3. The van der Waals surface area contributed by atoms with E-state index in [1.54, 1.807) is 30.3 Å². The molecule has 0 saturated carbocycles. The van der Waals surface area contributed by atoms with Crippen molar-refractivity contribution in [2.24, 2.45) is 0 Å². The fourth-order valence-electron chi connectivity index (χ4n) is 7.81. The van der Waals surface area contributed by atoms with Gasteiger partial charge < -0.3 is 5.11 Å². The van der Waals surface area contributed by atoms with Gasteiger partial charge in [-0.05, 0) is 99.3 Å². The number of imide groups is 2. The van der Waals surface area contributed by atoms with E-state index >= 15 is 0 Å². The second-order valence-electron chi connectivity index (χ2n) is 12.3. The van der Waals surface area contributed by atoms with Crippen LogP contribution in [-0.2, 0) is 6.42 Å². The number of fused-ring (bicyclic) bond motifs is 2. The molecular weight excluding hydrogens is 604 g/mol. The molecule has 0 aliphatic carbocycles. The summed E-state index contributed by atoms with van der Waals surface area (Å²) in [7, 11) is 0. The Labute approximate surface area is 272 Å². The normalized spacial score (nSPS) is 14.4. The molecule has 1 N–H and O–H groups in total. The predicted molar refractivity (Wildman–Crippen MR) is 184 cm³/mol. The monoisotopic (exact) mass is 628 g/mol. The van der Waals surface area contributed by atoms with Crippen LogP contribution in [0.2, 0.25) is 0 Å². The van der Waals surface area contributed by atoms with Gasteiger partial charge in [-0.2, -0.15) is 0 Å². The van der Waals surface area contributed by atoms with Gasteiger partial charge in [-0.1, -0.05) is 55.5 Å². The molecule has 0 fully saturated rings. The third kappa shape index (κ3) is 3.40. The molecule has 0 spiro atoms. The molecule has 0 atom stereocenters. The Morgan fingerprint density at radius 3 is 1.50 bits per heavy atom. The van der Waals surface area contributed by atoms with Gasteiger partial charge in [0.1, 0.15) is 0 Å². The summed E-state index contributed by atoms with van der Waals surface area (Å²) in [6.07, 6.45) is 0.663. The zero-order chi connectivity index (χ0) is 33.2. The summed E-state index contributed by atoms with van der Waals surface area (Å²) in [5.41, 5.74) is 4.05. The maximum absolute atomic E-state index is 14.2. The number of carboxylic acid groups (broad SMARTS) is 1. The zero-order valence-corrected chi connectivity index (χ0v) is 25.8. The first-order chi connectivity index (χ1) is 23.2.